The highest BCUT2D eigenvalue weighted by molar-refractivity contribution is 7.80. The first-order valence-electron chi connectivity index (χ1n) is 8.46. The van der Waals surface area contributed by atoms with Gasteiger partial charge in [-0.15, -0.1) is 0 Å². The van der Waals surface area contributed by atoms with Gasteiger partial charge in [0.1, 0.15) is 30.3 Å². The molecular weight excluding hydrogens is 356 g/mol. The summed E-state index contributed by atoms with van der Waals surface area (Å²) < 4.78 is 21.3. The molecule has 1 saturated heterocycles. The van der Waals surface area contributed by atoms with E-state index in [-0.39, 0.29) is 0 Å². The summed E-state index contributed by atoms with van der Waals surface area (Å²) in [6, 6.07) is 3.54. The Morgan fingerprint density at radius 1 is 1.19 bits per heavy atom. The smallest absolute Gasteiger partial charge is 0.187 e. The van der Waals surface area contributed by atoms with E-state index in [1.807, 2.05) is 0 Å². The first kappa shape index (κ1) is 20.2. The van der Waals surface area contributed by atoms with Crippen molar-refractivity contribution in [3.8, 4) is 17.2 Å². The van der Waals surface area contributed by atoms with Crippen molar-refractivity contribution >= 4 is 23.5 Å². The van der Waals surface area contributed by atoms with Gasteiger partial charge in [-0.2, -0.15) is 5.10 Å². The lowest BCUT2D eigenvalue weighted by Gasteiger charge is -2.23. The number of rotatable bonds is 8. The van der Waals surface area contributed by atoms with Gasteiger partial charge in [0.2, 0.25) is 0 Å². The van der Waals surface area contributed by atoms with E-state index in [0.717, 1.165) is 39.4 Å². The van der Waals surface area contributed by atoms with Gasteiger partial charge < -0.3 is 29.2 Å². The van der Waals surface area contributed by atoms with Crippen molar-refractivity contribution in [2.75, 3.05) is 60.7 Å². The molecule has 0 aromatic heterocycles. The summed E-state index contributed by atoms with van der Waals surface area (Å²) in [5.41, 5.74) is 3.51. The van der Waals surface area contributed by atoms with Crippen LogP contribution in [0.1, 0.15) is 5.56 Å². The largest absolute Gasteiger partial charge is 0.496 e. The van der Waals surface area contributed by atoms with Gasteiger partial charge in [-0.3, -0.25) is 5.43 Å². The van der Waals surface area contributed by atoms with Gasteiger partial charge in [-0.05, 0) is 12.2 Å². The van der Waals surface area contributed by atoms with Crippen LogP contribution in [0.4, 0.5) is 0 Å². The monoisotopic (exact) mass is 383 g/mol. The van der Waals surface area contributed by atoms with Crippen LogP contribution in [0.5, 0.6) is 17.2 Å². The van der Waals surface area contributed by atoms with E-state index >= 15 is 0 Å². The molecule has 3 N–H and O–H groups in total. The highest BCUT2D eigenvalue weighted by Crippen LogP contribution is 2.32. The third-order valence-electron chi connectivity index (χ3n) is 4.08. The van der Waals surface area contributed by atoms with Gasteiger partial charge in [0.05, 0.1) is 59.4 Å². The Balaban J connectivity index is 1.85. The number of benzene rings is 1. The van der Waals surface area contributed by atoms with Gasteiger partial charge in [-0.1, -0.05) is 0 Å². The number of hydrazone groups is 1. The molecule has 0 bridgehead atoms. The second-order valence-corrected chi connectivity index (χ2v) is 6.09. The third-order valence-corrected chi connectivity index (χ3v) is 4.31. The van der Waals surface area contributed by atoms with Gasteiger partial charge in [0, 0.05) is 12.1 Å². The second-order valence-electron chi connectivity index (χ2n) is 5.68. The summed E-state index contributed by atoms with van der Waals surface area (Å²) in [5, 5.41) is 7.80. The minimum Gasteiger partial charge on any atom is -0.496 e. The van der Waals surface area contributed by atoms with E-state index in [2.05, 4.69) is 15.8 Å². The highest BCUT2D eigenvalue weighted by Gasteiger charge is 2.13. The van der Waals surface area contributed by atoms with E-state index in [1.54, 1.807) is 39.7 Å². The number of hydrogen-bond acceptors (Lipinski definition) is 6. The SMILES string of the molecule is COc1cc(OC)c(/C=N\NC(=S)NCC[NH+]2CCOCC2)c(OC)c1. The molecule has 0 unspecified atom stereocenters. The zero-order valence-electron chi connectivity index (χ0n) is 15.5. The predicted molar refractivity (Wildman–Crippen MR) is 104 cm³/mol. The molecule has 0 aliphatic carbocycles. The number of nitrogens with zero attached hydrogens (tertiary/aromatic N) is 1. The molecule has 1 aromatic carbocycles. The van der Waals surface area contributed by atoms with Crippen LogP contribution >= 0.6 is 12.2 Å². The lowest BCUT2D eigenvalue weighted by molar-refractivity contribution is -0.906. The summed E-state index contributed by atoms with van der Waals surface area (Å²) >= 11 is 5.25. The molecule has 0 radical (unpaired) electrons. The molecule has 1 fully saturated rings. The third kappa shape index (κ3) is 6.01. The van der Waals surface area contributed by atoms with Crippen molar-refractivity contribution < 1.29 is 23.8 Å². The fraction of sp³-hybridized carbons (Fsp3) is 0.529. The van der Waals surface area contributed by atoms with E-state index in [1.165, 1.54) is 4.90 Å². The van der Waals surface area contributed by atoms with Crippen molar-refractivity contribution in [3.63, 3.8) is 0 Å². The summed E-state index contributed by atoms with van der Waals surface area (Å²) in [4.78, 5) is 1.52. The zero-order chi connectivity index (χ0) is 18.8. The van der Waals surface area contributed by atoms with Crippen molar-refractivity contribution in [1.82, 2.24) is 10.7 Å². The van der Waals surface area contributed by atoms with Crippen molar-refractivity contribution in [3.05, 3.63) is 17.7 Å². The molecule has 2 rings (SSSR count). The maximum atomic E-state index is 5.38. The number of ether oxygens (including phenoxy) is 4. The fourth-order valence-corrected chi connectivity index (χ4v) is 2.77. The molecule has 0 saturated carbocycles. The lowest BCUT2D eigenvalue weighted by atomic mass is 10.2. The summed E-state index contributed by atoms with van der Waals surface area (Å²) in [6.07, 6.45) is 1.61. The molecule has 144 valence electrons. The molecule has 9 heteroatoms. The van der Waals surface area contributed by atoms with Crippen LogP contribution < -0.4 is 29.9 Å². The van der Waals surface area contributed by atoms with E-state index in [0.29, 0.717) is 27.9 Å². The van der Waals surface area contributed by atoms with E-state index in [9.17, 15) is 0 Å². The van der Waals surface area contributed by atoms with Crippen LogP contribution in [0, 0.1) is 0 Å². The molecule has 8 nitrogen and oxygen atoms in total. The Morgan fingerprint density at radius 3 is 2.42 bits per heavy atom. The topological polar surface area (TPSA) is 77.8 Å². The molecule has 1 aromatic rings. The van der Waals surface area contributed by atoms with Gasteiger partial charge in [0.25, 0.3) is 0 Å². The number of quaternary nitrogens is 1. The summed E-state index contributed by atoms with van der Waals surface area (Å²) in [7, 11) is 4.75. The highest BCUT2D eigenvalue weighted by atomic mass is 32.1. The molecule has 26 heavy (non-hydrogen) atoms. The number of hydrogen-bond donors (Lipinski definition) is 3. The van der Waals surface area contributed by atoms with Gasteiger partial charge >= 0.3 is 0 Å². The summed E-state index contributed by atoms with van der Waals surface area (Å²) in [5.74, 6) is 1.84. The summed E-state index contributed by atoms with van der Waals surface area (Å²) in [6.45, 7) is 5.51. The molecule has 0 spiro atoms. The first-order chi connectivity index (χ1) is 12.7. The van der Waals surface area contributed by atoms with Crippen molar-refractivity contribution in [1.29, 1.82) is 0 Å². The lowest BCUT2D eigenvalue weighted by Crippen LogP contribution is -3.14. The maximum Gasteiger partial charge on any atom is 0.187 e. The molecule has 1 heterocycles. The Hall–Kier alpha value is -2.10. The van der Waals surface area contributed by atoms with Gasteiger partial charge in [-0.25, -0.2) is 0 Å². The Labute approximate surface area is 159 Å². The minimum absolute atomic E-state index is 0.473. The number of morpholine rings is 1. The molecule has 0 atom stereocenters. The number of methoxy groups -OCH3 is 3. The average Bonchev–Trinajstić information content (AvgIpc) is 2.68. The van der Waals surface area contributed by atoms with Crippen LogP contribution in [0.2, 0.25) is 0 Å². The quantitative estimate of drug-likeness (QED) is 0.315. The number of nitrogens with one attached hydrogen (secondary N) is 3. The average molecular weight is 383 g/mol. The van der Waals surface area contributed by atoms with E-state index < -0.39 is 0 Å². The van der Waals surface area contributed by atoms with Crippen LogP contribution in [0.25, 0.3) is 0 Å². The van der Waals surface area contributed by atoms with Crippen LogP contribution in [0.15, 0.2) is 17.2 Å². The Bertz CT molecular complexity index is 596. The molecule has 1 aliphatic rings. The Kier molecular flexibility index (Phi) is 8.39. The van der Waals surface area contributed by atoms with E-state index in [4.69, 9.17) is 31.2 Å². The fourth-order valence-electron chi connectivity index (χ4n) is 2.62. The van der Waals surface area contributed by atoms with Crippen LogP contribution in [-0.4, -0.2) is 72.0 Å². The zero-order valence-corrected chi connectivity index (χ0v) is 16.3. The molecule has 0 amide bonds. The van der Waals surface area contributed by atoms with Crippen molar-refractivity contribution in [2.45, 2.75) is 0 Å². The normalized spacial score (nSPS) is 14.9. The Morgan fingerprint density at radius 2 is 1.85 bits per heavy atom. The predicted octanol–water partition coefficient (Wildman–Crippen LogP) is -0.574. The van der Waals surface area contributed by atoms with Crippen LogP contribution in [-0.2, 0) is 4.74 Å². The second kappa shape index (κ2) is 10.8. The van der Waals surface area contributed by atoms with Gasteiger partial charge in [0.15, 0.2) is 5.11 Å². The number of thiocarbonyl (C=S) groups is 1. The molecular formula is C17H27N4O4S+. The molecule has 1 aliphatic heterocycles. The van der Waals surface area contributed by atoms with Crippen molar-refractivity contribution in [2.24, 2.45) is 5.10 Å². The first-order valence-corrected chi connectivity index (χ1v) is 8.87. The minimum atomic E-state index is 0.473. The standard InChI is InChI=1S/C17H26N4O4S/c1-22-13-10-15(23-2)14(16(11-13)24-3)12-19-20-17(26)18-4-5-21-6-8-25-9-7-21/h10-12H,4-9H2,1-3H3,(H2,18,20,26)/p+1/b19-12-. The maximum absolute atomic E-state index is 5.38. The van der Waals surface area contributed by atoms with Crippen LogP contribution in [0.3, 0.4) is 0 Å².